The summed E-state index contributed by atoms with van der Waals surface area (Å²) in [5.41, 5.74) is 1.39. The Hall–Kier alpha value is -1.79. The summed E-state index contributed by atoms with van der Waals surface area (Å²) in [5, 5.41) is 12.9. The van der Waals surface area contributed by atoms with Crippen LogP contribution in [-0.4, -0.2) is 34.0 Å². The molecule has 1 unspecified atom stereocenters. The van der Waals surface area contributed by atoms with Gasteiger partial charge in [0.15, 0.2) is 0 Å². The van der Waals surface area contributed by atoms with Crippen molar-refractivity contribution >= 4 is 17.3 Å². The van der Waals surface area contributed by atoms with Crippen LogP contribution in [0.4, 0.5) is 4.39 Å². The van der Waals surface area contributed by atoms with Crippen molar-refractivity contribution in [1.29, 1.82) is 0 Å². The highest BCUT2D eigenvalue weighted by Gasteiger charge is 2.32. The number of likely N-dealkylation sites (tertiary alicyclic amines) is 1. The second kappa shape index (κ2) is 8.06. The van der Waals surface area contributed by atoms with E-state index in [0.29, 0.717) is 19.0 Å². The number of aryl methyl sites for hydroxylation is 1. The first-order valence-corrected chi connectivity index (χ1v) is 9.61. The first kappa shape index (κ1) is 18.0. The molecule has 1 N–H and O–H groups in total. The molecule has 1 aromatic carbocycles. The van der Waals surface area contributed by atoms with E-state index in [1.807, 2.05) is 4.90 Å². The summed E-state index contributed by atoms with van der Waals surface area (Å²) in [6, 6.07) is 5.26. The number of carboxylic acid groups (broad SMARTS) is 1. The molecule has 0 amide bonds. The fourth-order valence-corrected chi connectivity index (χ4v) is 4.44. The fraction of sp³-hybridized carbons (Fsp3) is 0.474. The molecule has 1 atom stereocenters. The third-order valence-corrected chi connectivity index (χ3v) is 5.79. The van der Waals surface area contributed by atoms with Gasteiger partial charge in [-0.2, -0.15) is 0 Å². The van der Waals surface area contributed by atoms with Gasteiger partial charge in [0.1, 0.15) is 11.9 Å². The Morgan fingerprint density at radius 1 is 1.40 bits per heavy atom. The molecule has 0 saturated carbocycles. The van der Waals surface area contributed by atoms with Crippen LogP contribution in [0.25, 0.3) is 0 Å². The number of hydrogen-bond acceptors (Lipinski definition) is 4. The maximum absolute atomic E-state index is 14.1. The Balaban J connectivity index is 1.63. The van der Waals surface area contributed by atoms with Gasteiger partial charge in [0, 0.05) is 17.4 Å². The minimum atomic E-state index is -0.990. The highest BCUT2D eigenvalue weighted by atomic mass is 32.1. The zero-order chi connectivity index (χ0) is 17.8. The van der Waals surface area contributed by atoms with Crippen molar-refractivity contribution in [2.24, 2.45) is 5.92 Å². The minimum Gasteiger partial charge on any atom is -0.480 e. The summed E-state index contributed by atoms with van der Waals surface area (Å²) >= 11 is 1.71. The molecule has 0 spiro atoms. The third-order valence-electron chi connectivity index (χ3n) is 4.87. The predicted molar refractivity (Wildman–Crippen MR) is 96.3 cm³/mol. The summed E-state index contributed by atoms with van der Waals surface area (Å²) in [7, 11) is 0. The SMILES string of the molecule is CCc1csc(CC2CCN(C(C(=O)O)c3ccccc3F)CC2)n1. The Labute approximate surface area is 151 Å². The summed E-state index contributed by atoms with van der Waals surface area (Å²) in [6.07, 6.45) is 3.74. The van der Waals surface area contributed by atoms with Gasteiger partial charge in [-0.3, -0.25) is 9.69 Å². The highest BCUT2D eigenvalue weighted by molar-refractivity contribution is 7.09. The first-order chi connectivity index (χ1) is 12.1. The third kappa shape index (κ3) is 4.25. The number of benzene rings is 1. The quantitative estimate of drug-likeness (QED) is 0.846. The van der Waals surface area contributed by atoms with Crippen molar-refractivity contribution in [3.8, 4) is 0 Å². The molecule has 1 aliphatic rings. The number of aromatic nitrogens is 1. The van der Waals surface area contributed by atoms with Gasteiger partial charge in [-0.25, -0.2) is 9.37 Å². The smallest absolute Gasteiger partial charge is 0.325 e. The van der Waals surface area contributed by atoms with Gasteiger partial charge in [-0.1, -0.05) is 25.1 Å². The fourth-order valence-electron chi connectivity index (χ4n) is 3.45. The lowest BCUT2D eigenvalue weighted by Crippen LogP contribution is -2.40. The van der Waals surface area contributed by atoms with Gasteiger partial charge < -0.3 is 5.11 Å². The lowest BCUT2D eigenvalue weighted by atomic mass is 9.91. The Bertz CT molecular complexity index is 726. The average molecular weight is 362 g/mol. The second-order valence-electron chi connectivity index (χ2n) is 6.53. The lowest BCUT2D eigenvalue weighted by molar-refractivity contribution is -0.144. The maximum atomic E-state index is 14.1. The highest BCUT2D eigenvalue weighted by Crippen LogP contribution is 2.30. The molecule has 2 aromatic rings. The van der Waals surface area contributed by atoms with Crippen LogP contribution >= 0.6 is 11.3 Å². The minimum absolute atomic E-state index is 0.251. The van der Waals surface area contributed by atoms with E-state index >= 15 is 0 Å². The van der Waals surface area contributed by atoms with Crippen molar-refractivity contribution in [2.75, 3.05) is 13.1 Å². The monoisotopic (exact) mass is 362 g/mol. The number of rotatable bonds is 6. The summed E-state index contributed by atoms with van der Waals surface area (Å²) < 4.78 is 14.1. The standard InChI is InChI=1S/C19H23FN2O2S/c1-2-14-12-25-17(21-14)11-13-7-9-22(10-8-13)18(19(23)24)15-5-3-4-6-16(15)20/h3-6,12-13,18H,2,7-11H2,1H3,(H,23,24). The van der Waals surface area contributed by atoms with Crippen molar-refractivity contribution in [2.45, 2.75) is 38.6 Å². The molecule has 4 nitrogen and oxygen atoms in total. The summed E-state index contributed by atoms with van der Waals surface area (Å²) in [4.78, 5) is 18.3. The summed E-state index contributed by atoms with van der Waals surface area (Å²) in [5.74, 6) is -0.926. The largest absolute Gasteiger partial charge is 0.480 e. The van der Waals surface area contributed by atoms with Crippen LogP contribution in [0.15, 0.2) is 29.6 Å². The molecule has 134 valence electrons. The van der Waals surface area contributed by atoms with Crippen molar-refractivity contribution < 1.29 is 14.3 Å². The lowest BCUT2D eigenvalue weighted by Gasteiger charge is -2.35. The molecule has 3 rings (SSSR count). The van der Waals surface area contributed by atoms with E-state index in [0.717, 1.165) is 31.4 Å². The number of halogens is 1. The molecule has 0 radical (unpaired) electrons. The molecule has 1 aromatic heterocycles. The van der Waals surface area contributed by atoms with Gasteiger partial charge in [-0.05, 0) is 44.3 Å². The van der Waals surface area contributed by atoms with E-state index in [2.05, 4.69) is 17.3 Å². The normalized spacial score (nSPS) is 17.5. The van der Waals surface area contributed by atoms with E-state index in [1.54, 1.807) is 29.5 Å². The van der Waals surface area contributed by atoms with Gasteiger partial charge in [0.05, 0.1) is 10.7 Å². The Kier molecular flexibility index (Phi) is 5.81. The Morgan fingerprint density at radius 3 is 2.72 bits per heavy atom. The van der Waals surface area contributed by atoms with Crippen LogP contribution in [0.1, 0.15) is 42.1 Å². The van der Waals surface area contributed by atoms with Crippen LogP contribution in [0.5, 0.6) is 0 Å². The first-order valence-electron chi connectivity index (χ1n) is 8.73. The van der Waals surface area contributed by atoms with E-state index < -0.39 is 17.8 Å². The number of thiazole rings is 1. The zero-order valence-corrected chi connectivity index (χ0v) is 15.1. The number of carbonyl (C=O) groups is 1. The summed E-state index contributed by atoms with van der Waals surface area (Å²) in [6.45, 7) is 3.44. The molecule has 0 bridgehead atoms. The van der Waals surface area contributed by atoms with Crippen molar-refractivity contribution in [3.05, 3.63) is 51.7 Å². The number of carboxylic acids is 1. The van der Waals surface area contributed by atoms with Crippen LogP contribution < -0.4 is 0 Å². The van der Waals surface area contributed by atoms with Crippen molar-refractivity contribution in [3.63, 3.8) is 0 Å². The molecule has 1 fully saturated rings. The molecular formula is C19H23FN2O2S. The number of piperidine rings is 1. The van der Waals surface area contributed by atoms with Crippen LogP contribution in [-0.2, 0) is 17.6 Å². The second-order valence-corrected chi connectivity index (χ2v) is 7.47. The number of nitrogens with zero attached hydrogens (tertiary/aromatic N) is 2. The van der Waals surface area contributed by atoms with Gasteiger partial charge in [-0.15, -0.1) is 11.3 Å². The number of hydrogen-bond donors (Lipinski definition) is 1. The maximum Gasteiger partial charge on any atom is 0.325 e. The van der Waals surface area contributed by atoms with Gasteiger partial charge in [0.2, 0.25) is 0 Å². The Morgan fingerprint density at radius 2 is 2.12 bits per heavy atom. The van der Waals surface area contributed by atoms with Crippen LogP contribution in [0.2, 0.25) is 0 Å². The topological polar surface area (TPSA) is 53.4 Å². The molecule has 1 aliphatic heterocycles. The van der Waals surface area contributed by atoms with Crippen LogP contribution in [0.3, 0.4) is 0 Å². The molecule has 2 heterocycles. The van der Waals surface area contributed by atoms with Crippen molar-refractivity contribution in [1.82, 2.24) is 9.88 Å². The molecular weight excluding hydrogens is 339 g/mol. The average Bonchev–Trinajstić information content (AvgIpc) is 3.06. The zero-order valence-electron chi connectivity index (χ0n) is 14.3. The molecule has 0 aliphatic carbocycles. The molecule has 25 heavy (non-hydrogen) atoms. The van der Waals surface area contributed by atoms with Gasteiger partial charge >= 0.3 is 5.97 Å². The van der Waals surface area contributed by atoms with E-state index in [1.165, 1.54) is 11.1 Å². The van der Waals surface area contributed by atoms with E-state index in [9.17, 15) is 14.3 Å². The van der Waals surface area contributed by atoms with Crippen LogP contribution in [0, 0.1) is 11.7 Å². The molecule has 1 saturated heterocycles. The van der Waals surface area contributed by atoms with Gasteiger partial charge in [0.25, 0.3) is 0 Å². The predicted octanol–water partition coefficient (Wildman–Crippen LogP) is 3.93. The number of aliphatic carboxylic acids is 1. The molecule has 6 heteroatoms. The van der Waals surface area contributed by atoms with E-state index in [4.69, 9.17) is 0 Å². The van der Waals surface area contributed by atoms with E-state index in [-0.39, 0.29) is 5.56 Å².